The van der Waals surface area contributed by atoms with Crippen molar-refractivity contribution in [3.63, 3.8) is 0 Å². The Morgan fingerprint density at radius 2 is 2.05 bits per heavy atom. The smallest absolute Gasteiger partial charge is 0.325 e. The Bertz CT molecular complexity index is 714. The summed E-state index contributed by atoms with van der Waals surface area (Å²) in [4.78, 5) is 22.8. The molecule has 1 amide bonds. The number of aryl methyl sites for hydroxylation is 1. The third kappa shape index (κ3) is 3.22. The second-order valence-corrected chi connectivity index (χ2v) is 7.29. The second kappa shape index (κ2) is 5.96. The van der Waals surface area contributed by atoms with Crippen LogP contribution in [0.1, 0.15) is 29.3 Å². The molecule has 120 valence electrons. The van der Waals surface area contributed by atoms with Gasteiger partial charge in [0.15, 0.2) is 0 Å². The monoisotopic (exact) mass is 326 g/mol. The van der Waals surface area contributed by atoms with E-state index in [9.17, 15) is 18.0 Å². The summed E-state index contributed by atoms with van der Waals surface area (Å²) in [5.41, 5.74) is 1.45. The number of carbonyl (C=O) groups is 2. The number of amides is 1. The first kappa shape index (κ1) is 16.3. The summed E-state index contributed by atoms with van der Waals surface area (Å²) in [6, 6.07) is 3.72. The molecule has 1 aromatic carbocycles. The molecule has 1 atom stereocenters. The van der Waals surface area contributed by atoms with Crippen molar-refractivity contribution in [3.8, 4) is 0 Å². The molecule has 0 radical (unpaired) electrons. The quantitative estimate of drug-likeness (QED) is 0.849. The van der Waals surface area contributed by atoms with Gasteiger partial charge in [0.05, 0.1) is 11.4 Å². The van der Waals surface area contributed by atoms with E-state index in [2.05, 4.69) is 5.32 Å². The first-order valence-corrected chi connectivity index (χ1v) is 8.48. The standard InChI is InChI=1S/C14H18N2O5S/c1-9-8-11(16-6-3-7-22(16,20)21)4-5-12(9)13(17)15-10(2)14(18)19/h4-5,8,10H,3,6-7H2,1-2H3,(H,15,17)(H,18,19). The highest BCUT2D eigenvalue weighted by Crippen LogP contribution is 2.26. The third-order valence-electron chi connectivity index (χ3n) is 3.56. The minimum absolute atomic E-state index is 0.129. The summed E-state index contributed by atoms with van der Waals surface area (Å²) in [7, 11) is -3.27. The predicted octanol–water partition coefficient (Wildman–Crippen LogP) is 0.738. The van der Waals surface area contributed by atoms with Gasteiger partial charge in [-0.15, -0.1) is 0 Å². The lowest BCUT2D eigenvalue weighted by atomic mass is 10.1. The number of anilines is 1. The molecule has 0 aromatic heterocycles. The van der Waals surface area contributed by atoms with Crippen molar-refractivity contribution in [2.75, 3.05) is 16.6 Å². The Morgan fingerprint density at radius 1 is 1.36 bits per heavy atom. The zero-order valence-electron chi connectivity index (χ0n) is 12.4. The molecule has 1 heterocycles. The van der Waals surface area contributed by atoms with Gasteiger partial charge < -0.3 is 10.4 Å². The number of carboxylic acid groups (broad SMARTS) is 1. The Morgan fingerprint density at radius 3 is 2.55 bits per heavy atom. The van der Waals surface area contributed by atoms with Gasteiger partial charge in [-0.2, -0.15) is 0 Å². The maximum atomic E-state index is 12.0. The fraction of sp³-hybridized carbons (Fsp3) is 0.429. The van der Waals surface area contributed by atoms with Gasteiger partial charge in [0.2, 0.25) is 10.0 Å². The lowest BCUT2D eigenvalue weighted by Crippen LogP contribution is -2.38. The van der Waals surface area contributed by atoms with E-state index in [0.717, 1.165) is 0 Å². The van der Waals surface area contributed by atoms with Crippen LogP contribution < -0.4 is 9.62 Å². The molecule has 1 aliphatic rings. The largest absolute Gasteiger partial charge is 0.480 e. The SMILES string of the molecule is Cc1cc(N2CCCS2(=O)=O)ccc1C(=O)NC(C)C(=O)O. The molecule has 0 bridgehead atoms. The van der Waals surface area contributed by atoms with Crippen molar-refractivity contribution in [3.05, 3.63) is 29.3 Å². The molecule has 22 heavy (non-hydrogen) atoms. The van der Waals surface area contributed by atoms with E-state index in [1.54, 1.807) is 19.1 Å². The number of nitrogens with one attached hydrogen (secondary N) is 1. The number of carbonyl (C=O) groups excluding carboxylic acids is 1. The van der Waals surface area contributed by atoms with E-state index < -0.39 is 27.9 Å². The van der Waals surface area contributed by atoms with Gasteiger partial charge in [0, 0.05) is 12.1 Å². The van der Waals surface area contributed by atoms with Crippen molar-refractivity contribution >= 4 is 27.6 Å². The van der Waals surface area contributed by atoms with Gasteiger partial charge in [-0.3, -0.25) is 13.9 Å². The molecule has 1 aliphatic heterocycles. The lowest BCUT2D eigenvalue weighted by molar-refractivity contribution is -0.138. The number of hydrogen-bond donors (Lipinski definition) is 2. The molecule has 2 rings (SSSR count). The molecule has 0 saturated carbocycles. The van der Waals surface area contributed by atoms with E-state index in [1.165, 1.54) is 17.3 Å². The van der Waals surface area contributed by atoms with Crippen molar-refractivity contribution in [1.82, 2.24) is 5.32 Å². The van der Waals surface area contributed by atoms with Crippen LogP contribution >= 0.6 is 0 Å². The minimum atomic E-state index is -3.27. The van der Waals surface area contributed by atoms with Gasteiger partial charge in [-0.25, -0.2) is 8.42 Å². The second-order valence-electron chi connectivity index (χ2n) is 5.27. The van der Waals surface area contributed by atoms with Crippen LogP contribution in [-0.2, 0) is 14.8 Å². The molecule has 1 saturated heterocycles. The maximum Gasteiger partial charge on any atom is 0.325 e. The summed E-state index contributed by atoms with van der Waals surface area (Å²) in [6.45, 7) is 3.50. The summed E-state index contributed by atoms with van der Waals surface area (Å²) in [5.74, 6) is -1.49. The highest BCUT2D eigenvalue weighted by molar-refractivity contribution is 7.93. The fourth-order valence-electron chi connectivity index (χ4n) is 2.32. The topological polar surface area (TPSA) is 104 Å². The fourth-order valence-corrected chi connectivity index (χ4v) is 3.88. The molecular weight excluding hydrogens is 308 g/mol. The normalized spacial score (nSPS) is 18.0. The first-order chi connectivity index (χ1) is 10.2. The summed E-state index contributed by atoms with van der Waals surface area (Å²) < 4.78 is 25.1. The summed E-state index contributed by atoms with van der Waals surface area (Å²) >= 11 is 0. The van der Waals surface area contributed by atoms with Gasteiger partial charge >= 0.3 is 5.97 Å². The van der Waals surface area contributed by atoms with E-state index in [4.69, 9.17) is 5.11 Å². The first-order valence-electron chi connectivity index (χ1n) is 6.87. The van der Waals surface area contributed by atoms with Crippen LogP contribution in [0.15, 0.2) is 18.2 Å². The van der Waals surface area contributed by atoms with Crippen LogP contribution in [0.4, 0.5) is 5.69 Å². The molecule has 1 aromatic rings. The van der Waals surface area contributed by atoms with E-state index in [1.807, 2.05) is 0 Å². The van der Waals surface area contributed by atoms with Crippen molar-refractivity contribution < 1.29 is 23.1 Å². The van der Waals surface area contributed by atoms with Crippen LogP contribution in [0.5, 0.6) is 0 Å². The van der Waals surface area contributed by atoms with Crippen molar-refractivity contribution in [1.29, 1.82) is 0 Å². The highest BCUT2D eigenvalue weighted by atomic mass is 32.2. The molecular formula is C14H18N2O5S. The molecule has 2 N–H and O–H groups in total. The Balaban J connectivity index is 2.23. The number of carboxylic acids is 1. The van der Waals surface area contributed by atoms with E-state index >= 15 is 0 Å². The molecule has 0 aliphatic carbocycles. The zero-order valence-corrected chi connectivity index (χ0v) is 13.2. The molecule has 8 heteroatoms. The van der Waals surface area contributed by atoms with Crippen LogP contribution in [0.3, 0.4) is 0 Å². The van der Waals surface area contributed by atoms with Gasteiger partial charge in [-0.1, -0.05) is 0 Å². The molecule has 0 spiro atoms. The molecule has 1 unspecified atom stereocenters. The van der Waals surface area contributed by atoms with Crippen LogP contribution in [-0.4, -0.2) is 43.7 Å². The third-order valence-corrected chi connectivity index (χ3v) is 5.43. The average Bonchev–Trinajstić information content (AvgIpc) is 2.77. The summed E-state index contributed by atoms with van der Waals surface area (Å²) in [5, 5.41) is 11.2. The zero-order chi connectivity index (χ0) is 16.5. The molecule has 1 fully saturated rings. The van der Waals surface area contributed by atoms with Crippen molar-refractivity contribution in [2.45, 2.75) is 26.3 Å². The minimum Gasteiger partial charge on any atom is -0.480 e. The van der Waals surface area contributed by atoms with Crippen LogP contribution in [0, 0.1) is 6.92 Å². The van der Waals surface area contributed by atoms with Gasteiger partial charge in [-0.05, 0) is 44.0 Å². The number of sulfonamides is 1. The number of benzene rings is 1. The Hall–Kier alpha value is -2.09. The number of rotatable bonds is 4. The van der Waals surface area contributed by atoms with Crippen LogP contribution in [0.25, 0.3) is 0 Å². The van der Waals surface area contributed by atoms with Gasteiger partial charge in [0.1, 0.15) is 6.04 Å². The van der Waals surface area contributed by atoms with Crippen molar-refractivity contribution in [2.24, 2.45) is 0 Å². The summed E-state index contributed by atoms with van der Waals surface area (Å²) in [6.07, 6.45) is 0.583. The number of aliphatic carboxylic acids is 1. The number of nitrogens with zero attached hydrogens (tertiary/aromatic N) is 1. The van der Waals surface area contributed by atoms with Gasteiger partial charge in [0.25, 0.3) is 5.91 Å². The highest BCUT2D eigenvalue weighted by Gasteiger charge is 2.29. The maximum absolute atomic E-state index is 12.0. The number of hydrogen-bond acceptors (Lipinski definition) is 4. The molecule has 7 nitrogen and oxygen atoms in total. The van der Waals surface area contributed by atoms with E-state index in [0.29, 0.717) is 29.8 Å². The van der Waals surface area contributed by atoms with E-state index in [-0.39, 0.29) is 5.75 Å². The Kier molecular flexibility index (Phi) is 4.41. The predicted molar refractivity (Wildman–Crippen MR) is 81.5 cm³/mol. The van der Waals surface area contributed by atoms with Crippen LogP contribution in [0.2, 0.25) is 0 Å². The average molecular weight is 326 g/mol. The Labute approximate surface area is 129 Å². The lowest BCUT2D eigenvalue weighted by Gasteiger charge is -2.18.